The zero-order chi connectivity index (χ0) is 22.8. The van der Waals surface area contributed by atoms with E-state index in [2.05, 4.69) is 22.8 Å². The lowest BCUT2D eigenvalue weighted by molar-refractivity contribution is -0.123. The molecule has 2 aromatic carbocycles. The summed E-state index contributed by atoms with van der Waals surface area (Å²) in [5.41, 5.74) is 3.59. The predicted molar refractivity (Wildman–Crippen MR) is 125 cm³/mol. The summed E-state index contributed by atoms with van der Waals surface area (Å²) in [5, 5.41) is 7.36. The van der Waals surface area contributed by atoms with Gasteiger partial charge in [0.15, 0.2) is 0 Å². The molecule has 0 saturated heterocycles. The fourth-order valence-electron chi connectivity index (χ4n) is 2.66. The van der Waals surface area contributed by atoms with Gasteiger partial charge in [0.1, 0.15) is 11.8 Å². The van der Waals surface area contributed by atoms with E-state index in [0.717, 1.165) is 24.2 Å². The molecule has 2 amide bonds. The SMILES string of the molecule is CCCCOc1cccc(/C=N/NC(=O)C(NC(=O)c2ccc(Cl)c(Cl)c2)C(C)C)c1. The number of nitrogens with zero attached hydrogens (tertiary/aromatic N) is 1. The summed E-state index contributed by atoms with van der Waals surface area (Å²) in [6.45, 7) is 6.43. The van der Waals surface area contributed by atoms with E-state index in [1.165, 1.54) is 18.3 Å². The summed E-state index contributed by atoms with van der Waals surface area (Å²) in [4.78, 5) is 25.1. The number of halogens is 2. The second-order valence-corrected chi connectivity index (χ2v) is 8.15. The van der Waals surface area contributed by atoms with E-state index in [4.69, 9.17) is 27.9 Å². The van der Waals surface area contributed by atoms with Crippen LogP contribution in [0.1, 0.15) is 49.5 Å². The van der Waals surface area contributed by atoms with Gasteiger partial charge in [-0.15, -0.1) is 0 Å². The third-order valence-electron chi connectivity index (χ3n) is 4.43. The maximum absolute atomic E-state index is 12.6. The lowest BCUT2D eigenvalue weighted by atomic mass is 10.0. The Morgan fingerprint density at radius 2 is 1.90 bits per heavy atom. The van der Waals surface area contributed by atoms with E-state index in [9.17, 15) is 9.59 Å². The van der Waals surface area contributed by atoms with Gasteiger partial charge in [0, 0.05) is 5.56 Å². The average Bonchev–Trinajstić information content (AvgIpc) is 2.74. The molecule has 2 aromatic rings. The number of rotatable bonds is 10. The molecule has 2 N–H and O–H groups in total. The Kier molecular flexibility index (Phi) is 9.82. The zero-order valence-electron chi connectivity index (χ0n) is 17.8. The van der Waals surface area contributed by atoms with Gasteiger partial charge in [-0.3, -0.25) is 9.59 Å². The van der Waals surface area contributed by atoms with Crippen molar-refractivity contribution in [1.29, 1.82) is 0 Å². The molecule has 0 aromatic heterocycles. The number of hydrogen-bond acceptors (Lipinski definition) is 4. The standard InChI is InChI=1S/C23H27Cl2N3O3/c1-4-5-11-31-18-8-6-7-16(12-18)14-26-28-23(30)21(15(2)3)27-22(29)17-9-10-19(24)20(25)13-17/h6-10,12-15,21H,4-5,11H2,1-3H3,(H,27,29)(H,28,30)/b26-14+. The summed E-state index contributed by atoms with van der Waals surface area (Å²) >= 11 is 11.9. The molecule has 0 heterocycles. The molecule has 1 atom stereocenters. The number of carbonyl (C=O) groups excluding carboxylic acids is 2. The van der Waals surface area contributed by atoms with Crippen LogP contribution >= 0.6 is 23.2 Å². The third-order valence-corrected chi connectivity index (χ3v) is 5.17. The maximum atomic E-state index is 12.6. The van der Waals surface area contributed by atoms with Crippen LogP contribution in [0.15, 0.2) is 47.6 Å². The monoisotopic (exact) mass is 463 g/mol. The van der Waals surface area contributed by atoms with Gasteiger partial charge in [0.05, 0.1) is 22.9 Å². The highest BCUT2D eigenvalue weighted by molar-refractivity contribution is 6.42. The van der Waals surface area contributed by atoms with Crippen LogP contribution in [0.4, 0.5) is 0 Å². The van der Waals surface area contributed by atoms with Crippen molar-refractivity contribution >= 4 is 41.2 Å². The van der Waals surface area contributed by atoms with Crippen molar-refractivity contribution in [3.8, 4) is 5.75 Å². The Labute approximate surface area is 193 Å². The van der Waals surface area contributed by atoms with Gasteiger partial charge in [0.2, 0.25) is 0 Å². The van der Waals surface area contributed by atoms with Crippen LogP contribution in [0.2, 0.25) is 10.0 Å². The highest BCUT2D eigenvalue weighted by Gasteiger charge is 2.24. The van der Waals surface area contributed by atoms with E-state index in [1.807, 2.05) is 38.1 Å². The normalized spacial score (nSPS) is 12.1. The van der Waals surface area contributed by atoms with Crippen LogP contribution in [-0.4, -0.2) is 30.7 Å². The smallest absolute Gasteiger partial charge is 0.262 e. The Balaban J connectivity index is 1.98. The summed E-state index contributed by atoms with van der Waals surface area (Å²) < 4.78 is 5.67. The number of ether oxygens (including phenoxy) is 1. The van der Waals surface area contributed by atoms with Gasteiger partial charge in [-0.25, -0.2) is 5.43 Å². The van der Waals surface area contributed by atoms with Crippen molar-refractivity contribution in [3.05, 3.63) is 63.6 Å². The van der Waals surface area contributed by atoms with Gasteiger partial charge in [-0.05, 0) is 48.2 Å². The molecular formula is C23H27Cl2N3O3. The number of carbonyl (C=O) groups is 2. The largest absolute Gasteiger partial charge is 0.494 e. The molecule has 0 aliphatic rings. The Hall–Kier alpha value is -2.57. The van der Waals surface area contributed by atoms with Crippen LogP contribution in [0.5, 0.6) is 5.75 Å². The summed E-state index contributed by atoms with van der Waals surface area (Å²) in [6.07, 6.45) is 3.58. The molecule has 0 bridgehead atoms. The molecular weight excluding hydrogens is 437 g/mol. The van der Waals surface area contributed by atoms with Crippen molar-refractivity contribution < 1.29 is 14.3 Å². The molecule has 6 nitrogen and oxygen atoms in total. The number of hydrogen-bond donors (Lipinski definition) is 2. The van der Waals surface area contributed by atoms with Gasteiger partial charge in [-0.2, -0.15) is 5.10 Å². The molecule has 0 fully saturated rings. The lowest BCUT2D eigenvalue weighted by Gasteiger charge is -2.20. The Morgan fingerprint density at radius 1 is 1.13 bits per heavy atom. The van der Waals surface area contributed by atoms with E-state index in [-0.39, 0.29) is 10.9 Å². The minimum Gasteiger partial charge on any atom is -0.494 e. The molecule has 1 unspecified atom stereocenters. The molecule has 166 valence electrons. The van der Waals surface area contributed by atoms with Crippen molar-refractivity contribution in [2.75, 3.05) is 6.61 Å². The van der Waals surface area contributed by atoms with Gasteiger partial charge >= 0.3 is 0 Å². The predicted octanol–water partition coefficient (Wildman–Crippen LogP) is 5.08. The fraction of sp³-hybridized carbons (Fsp3) is 0.348. The van der Waals surface area contributed by atoms with Gasteiger partial charge in [0.25, 0.3) is 11.8 Å². The molecule has 2 rings (SSSR count). The number of unbranched alkanes of at least 4 members (excludes halogenated alkanes) is 1. The molecule has 0 aliphatic heterocycles. The number of hydrazone groups is 1. The zero-order valence-corrected chi connectivity index (χ0v) is 19.3. The van der Waals surface area contributed by atoms with Crippen molar-refractivity contribution in [3.63, 3.8) is 0 Å². The fourth-order valence-corrected chi connectivity index (χ4v) is 2.95. The van der Waals surface area contributed by atoms with E-state index >= 15 is 0 Å². The van der Waals surface area contributed by atoms with Crippen LogP contribution in [0, 0.1) is 5.92 Å². The van der Waals surface area contributed by atoms with Crippen LogP contribution in [0.3, 0.4) is 0 Å². The number of nitrogens with one attached hydrogen (secondary N) is 2. The molecule has 0 saturated carbocycles. The van der Waals surface area contributed by atoms with Gasteiger partial charge < -0.3 is 10.1 Å². The highest BCUT2D eigenvalue weighted by Crippen LogP contribution is 2.22. The van der Waals surface area contributed by atoms with E-state index < -0.39 is 17.9 Å². The molecule has 0 aliphatic carbocycles. The van der Waals surface area contributed by atoms with E-state index in [0.29, 0.717) is 17.2 Å². The van der Waals surface area contributed by atoms with Crippen molar-refractivity contribution in [2.24, 2.45) is 11.0 Å². The molecule has 31 heavy (non-hydrogen) atoms. The molecule has 0 radical (unpaired) electrons. The minimum absolute atomic E-state index is 0.155. The minimum atomic E-state index is -0.775. The average molecular weight is 464 g/mol. The van der Waals surface area contributed by atoms with Crippen molar-refractivity contribution in [2.45, 2.75) is 39.7 Å². The van der Waals surface area contributed by atoms with Gasteiger partial charge in [-0.1, -0.05) is 62.5 Å². The second kappa shape index (κ2) is 12.3. The first-order valence-corrected chi connectivity index (χ1v) is 10.9. The van der Waals surface area contributed by atoms with Crippen LogP contribution in [0.25, 0.3) is 0 Å². The van der Waals surface area contributed by atoms with Crippen molar-refractivity contribution in [1.82, 2.24) is 10.7 Å². The first kappa shape index (κ1) is 24.7. The first-order valence-electron chi connectivity index (χ1n) is 10.1. The Bertz CT molecular complexity index is 932. The quantitative estimate of drug-likeness (QED) is 0.293. The number of benzene rings is 2. The third kappa shape index (κ3) is 7.89. The Morgan fingerprint density at radius 3 is 2.58 bits per heavy atom. The lowest BCUT2D eigenvalue weighted by Crippen LogP contribution is -2.48. The number of amides is 2. The maximum Gasteiger partial charge on any atom is 0.262 e. The molecule has 0 spiro atoms. The topological polar surface area (TPSA) is 79.8 Å². The summed E-state index contributed by atoms with van der Waals surface area (Å²) in [7, 11) is 0. The summed E-state index contributed by atoms with van der Waals surface area (Å²) in [5.74, 6) is -0.252. The van der Waals surface area contributed by atoms with E-state index in [1.54, 1.807) is 6.07 Å². The molecule has 8 heteroatoms. The highest BCUT2D eigenvalue weighted by atomic mass is 35.5. The summed E-state index contributed by atoms with van der Waals surface area (Å²) in [6, 6.07) is 11.2. The first-order chi connectivity index (χ1) is 14.8. The van der Waals surface area contributed by atoms with Crippen LogP contribution < -0.4 is 15.5 Å². The second-order valence-electron chi connectivity index (χ2n) is 7.33. The van der Waals surface area contributed by atoms with Crippen LogP contribution in [-0.2, 0) is 4.79 Å².